The summed E-state index contributed by atoms with van der Waals surface area (Å²) in [6.07, 6.45) is 11.0. The Morgan fingerprint density at radius 1 is 1.07 bits per heavy atom. The van der Waals surface area contributed by atoms with Crippen molar-refractivity contribution in [2.45, 2.75) is 76.9 Å². The van der Waals surface area contributed by atoms with Crippen molar-refractivity contribution < 1.29 is 23.0 Å². The largest absolute Gasteiger partial charge is 0.490 e. The second-order valence-electron chi connectivity index (χ2n) is 8.25. The van der Waals surface area contributed by atoms with Crippen LogP contribution in [0.4, 0.5) is 8.78 Å². The smallest absolute Gasteiger partial charge is 0.200 e. The van der Waals surface area contributed by atoms with E-state index in [1.54, 1.807) is 12.1 Å². The fourth-order valence-electron chi connectivity index (χ4n) is 4.35. The topological polar surface area (TPSA) is 27.7 Å². The van der Waals surface area contributed by atoms with E-state index in [0.29, 0.717) is 24.7 Å². The molecule has 2 aliphatic rings. The van der Waals surface area contributed by atoms with Gasteiger partial charge in [-0.25, -0.2) is 4.39 Å². The van der Waals surface area contributed by atoms with Gasteiger partial charge in [0.1, 0.15) is 0 Å². The molecule has 5 heteroatoms. The molecule has 0 bridgehead atoms. The van der Waals surface area contributed by atoms with Gasteiger partial charge < -0.3 is 14.2 Å². The molecule has 1 aromatic rings. The van der Waals surface area contributed by atoms with Crippen molar-refractivity contribution in [3.63, 3.8) is 0 Å². The lowest BCUT2D eigenvalue weighted by molar-refractivity contribution is -0.0795. The highest BCUT2D eigenvalue weighted by Gasteiger charge is 2.28. The van der Waals surface area contributed by atoms with E-state index in [1.165, 1.54) is 0 Å². The lowest BCUT2D eigenvalue weighted by Crippen LogP contribution is -2.31. The third-order valence-electron chi connectivity index (χ3n) is 6.04. The molecule has 0 radical (unpaired) electrons. The van der Waals surface area contributed by atoms with E-state index in [9.17, 15) is 8.78 Å². The van der Waals surface area contributed by atoms with Crippen LogP contribution in [0.1, 0.15) is 70.3 Å². The highest BCUT2D eigenvalue weighted by atomic mass is 19.2. The van der Waals surface area contributed by atoms with E-state index < -0.39 is 11.6 Å². The second-order valence-corrected chi connectivity index (χ2v) is 8.25. The van der Waals surface area contributed by atoms with Crippen molar-refractivity contribution in [3.8, 4) is 5.75 Å². The molecule has 0 N–H and O–H groups in total. The zero-order chi connectivity index (χ0) is 20.6. The standard InChI is InChI=1S/C24H34F2O3/c1-3-5-17-6-9-20(28-15-17)16-29-19-10-7-18(8-11-19)21-12-13-22(27-14-4-2)24(26)23(21)25/h3,5,12-13,17-20H,4,6-11,14-16H2,1-2H3. The van der Waals surface area contributed by atoms with E-state index in [1.807, 2.05) is 13.8 Å². The zero-order valence-corrected chi connectivity index (χ0v) is 17.7. The average Bonchev–Trinajstić information content (AvgIpc) is 2.75. The molecule has 2 fully saturated rings. The van der Waals surface area contributed by atoms with Crippen molar-refractivity contribution in [1.29, 1.82) is 0 Å². The molecule has 2 unspecified atom stereocenters. The number of benzene rings is 1. The Bertz CT molecular complexity index is 660. The Hall–Kier alpha value is -1.46. The molecule has 0 spiro atoms. The van der Waals surface area contributed by atoms with Crippen LogP contribution >= 0.6 is 0 Å². The molecule has 1 aliphatic carbocycles. The molecule has 1 saturated carbocycles. The summed E-state index contributed by atoms with van der Waals surface area (Å²) in [5.41, 5.74) is 0.468. The fraction of sp³-hybridized carbons (Fsp3) is 0.667. The molecule has 0 amide bonds. The molecule has 3 nitrogen and oxygen atoms in total. The minimum atomic E-state index is -0.861. The molecular formula is C24H34F2O3. The van der Waals surface area contributed by atoms with Crippen LogP contribution in [0.2, 0.25) is 0 Å². The van der Waals surface area contributed by atoms with Crippen LogP contribution in [-0.2, 0) is 9.47 Å². The highest BCUT2D eigenvalue weighted by molar-refractivity contribution is 5.33. The summed E-state index contributed by atoms with van der Waals surface area (Å²) in [6.45, 7) is 5.77. The van der Waals surface area contributed by atoms with Crippen LogP contribution in [-0.4, -0.2) is 32.0 Å². The molecule has 0 aromatic heterocycles. The fourth-order valence-corrected chi connectivity index (χ4v) is 4.35. The molecule has 2 atom stereocenters. The number of hydrogen-bond donors (Lipinski definition) is 0. The molecule has 162 valence electrons. The van der Waals surface area contributed by atoms with Gasteiger partial charge in [-0.15, -0.1) is 0 Å². The number of allylic oxidation sites excluding steroid dienone is 1. The minimum Gasteiger partial charge on any atom is -0.490 e. The van der Waals surface area contributed by atoms with Crippen molar-refractivity contribution in [1.82, 2.24) is 0 Å². The third kappa shape index (κ3) is 6.02. The third-order valence-corrected chi connectivity index (χ3v) is 6.04. The van der Waals surface area contributed by atoms with Gasteiger partial charge in [0.25, 0.3) is 0 Å². The SMILES string of the molecule is CC=CC1CCC(COC2CCC(c3ccc(OCCC)c(F)c3F)CC2)OC1. The summed E-state index contributed by atoms with van der Waals surface area (Å²) in [4.78, 5) is 0. The van der Waals surface area contributed by atoms with Gasteiger partial charge in [-0.2, -0.15) is 4.39 Å². The summed E-state index contributed by atoms with van der Waals surface area (Å²) in [5.74, 6) is -1.04. The Balaban J connectivity index is 1.44. The number of ether oxygens (including phenoxy) is 3. The van der Waals surface area contributed by atoms with E-state index in [0.717, 1.165) is 51.6 Å². The van der Waals surface area contributed by atoms with Crippen LogP contribution in [0.25, 0.3) is 0 Å². The van der Waals surface area contributed by atoms with Gasteiger partial charge in [-0.1, -0.05) is 25.1 Å². The van der Waals surface area contributed by atoms with Crippen LogP contribution < -0.4 is 4.74 Å². The molecule has 1 aromatic carbocycles. The molecule has 29 heavy (non-hydrogen) atoms. The maximum absolute atomic E-state index is 14.5. The summed E-state index contributed by atoms with van der Waals surface area (Å²) >= 11 is 0. The van der Waals surface area contributed by atoms with Gasteiger partial charge in [0.2, 0.25) is 5.82 Å². The van der Waals surface area contributed by atoms with E-state index >= 15 is 0 Å². The average molecular weight is 409 g/mol. The van der Waals surface area contributed by atoms with Crippen LogP contribution in [0.3, 0.4) is 0 Å². The zero-order valence-electron chi connectivity index (χ0n) is 17.7. The summed E-state index contributed by atoms with van der Waals surface area (Å²) < 4.78 is 46.1. The normalized spacial score (nSPS) is 28.0. The Morgan fingerprint density at radius 2 is 1.86 bits per heavy atom. The lowest BCUT2D eigenvalue weighted by atomic mass is 9.82. The number of hydrogen-bond acceptors (Lipinski definition) is 3. The van der Waals surface area contributed by atoms with Gasteiger partial charge in [0, 0.05) is 5.92 Å². The second kappa shape index (κ2) is 11.1. The molecule has 1 saturated heterocycles. The van der Waals surface area contributed by atoms with Crippen molar-refractivity contribution in [2.24, 2.45) is 5.92 Å². The maximum atomic E-state index is 14.5. The predicted molar refractivity (Wildman–Crippen MR) is 110 cm³/mol. The summed E-state index contributed by atoms with van der Waals surface area (Å²) in [6, 6.07) is 3.25. The molecule has 1 heterocycles. The quantitative estimate of drug-likeness (QED) is 0.482. The van der Waals surface area contributed by atoms with E-state index in [4.69, 9.17) is 14.2 Å². The van der Waals surface area contributed by atoms with Gasteiger partial charge in [0.05, 0.1) is 32.0 Å². The Labute approximate surface area is 173 Å². The van der Waals surface area contributed by atoms with Crippen molar-refractivity contribution in [3.05, 3.63) is 41.5 Å². The maximum Gasteiger partial charge on any atom is 0.200 e. The first kappa shape index (κ1) is 22.2. The van der Waals surface area contributed by atoms with Gasteiger partial charge in [-0.3, -0.25) is 0 Å². The first-order valence-electron chi connectivity index (χ1n) is 11.1. The van der Waals surface area contributed by atoms with Gasteiger partial charge >= 0.3 is 0 Å². The Kier molecular flexibility index (Phi) is 8.49. The minimum absolute atomic E-state index is 0.00858. The van der Waals surface area contributed by atoms with Crippen LogP contribution in [0, 0.1) is 17.6 Å². The van der Waals surface area contributed by atoms with Crippen molar-refractivity contribution >= 4 is 0 Å². The van der Waals surface area contributed by atoms with Crippen LogP contribution in [0.15, 0.2) is 24.3 Å². The molecular weight excluding hydrogens is 374 g/mol. The number of rotatable bonds is 8. The Morgan fingerprint density at radius 3 is 2.52 bits per heavy atom. The lowest BCUT2D eigenvalue weighted by Gasteiger charge is -2.32. The number of halogens is 2. The molecule has 3 rings (SSSR count). The first-order chi connectivity index (χ1) is 14.1. The van der Waals surface area contributed by atoms with E-state index in [2.05, 4.69) is 12.2 Å². The first-order valence-corrected chi connectivity index (χ1v) is 11.1. The van der Waals surface area contributed by atoms with Gasteiger partial charge in [-0.05, 0) is 69.4 Å². The van der Waals surface area contributed by atoms with E-state index in [-0.39, 0.29) is 23.9 Å². The molecule has 1 aliphatic heterocycles. The predicted octanol–water partition coefficient (Wildman–Crippen LogP) is 6.17. The summed E-state index contributed by atoms with van der Waals surface area (Å²) in [7, 11) is 0. The summed E-state index contributed by atoms with van der Waals surface area (Å²) in [5, 5.41) is 0. The van der Waals surface area contributed by atoms with Crippen LogP contribution in [0.5, 0.6) is 5.75 Å². The van der Waals surface area contributed by atoms with Crippen molar-refractivity contribution in [2.75, 3.05) is 19.8 Å². The monoisotopic (exact) mass is 408 g/mol. The van der Waals surface area contributed by atoms with Gasteiger partial charge in [0.15, 0.2) is 11.6 Å². The highest BCUT2D eigenvalue weighted by Crippen LogP contribution is 2.37.